The molecule has 0 saturated heterocycles. The van der Waals surface area contributed by atoms with Gasteiger partial charge >= 0.3 is 6.85 Å². The average Bonchev–Trinajstić information content (AvgIpc) is 3.71. The van der Waals surface area contributed by atoms with Crippen molar-refractivity contribution >= 4 is 46.2 Å². The van der Waals surface area contributed by atoms with E-state index in [1.807, 2.05) is 0 Å². The monoisotopic (exact) mass is 878 g/mol. The van der Waals surface area contributed by atoms with E-state index in [9.17, 15) is 0 Å². The number of benzene rings is 8. The SMILES string of the molecule is CC1(C)CCC(C)(C)c2cc3c(cc21)N1c2cc4c(c5c2B(c2cccc(c21)C3(C)C)N(c1cccc2c1C(C)(C)c1ccccc1-2)c1cc(-c2ccccc2)ccc1-5)-c1ccccc1C4(C)C. The Morgan fingerprint density at radius 1 is 0.382 bits per heavy atom. The average molecular weight is 879 g/mol. The van der Waals surface area contributed by atoms with E-state index in [1.165, 1.54) is 141 Å². The second-order valence-corrected chi connectivity index (χ2v) is 23.9. The van der Waals surface area contributed by atoms with E-state index >= 15 is 0 Å². The molecule has 68 heavy (non-hydrogen) atoms. The third kappa shape index (κ3) is 4.90. The molecule has 14 rings (SSSR count). The highest BCUT2D eigenvalue weighted by molar-refractivity contribution is 6.94. The molecule has 332 valence electrons. The maximum absolute atomic E-state index is 2.81. The van der Waals surface area contributed by atoms with Crippen molar-refractivity contribution in [2.45, 2.75) is 109 Å². The third-order valence-corrected chi connectivity index (χ3v) is 18.3. The summed E-state index contributed by atoms with van der Waals surface area (Å²) in [7, 11) is 0. The van der Waals surface area contributed by atoms with Gasteiger partial charge in [0.25, 0.3) is 0 Å². The van der Waals surface area contributed by atoms with E-state index in [2.05, 4.69) is 231 Å². The molecule has 8 aromatic carbocycles. The first-order valence-electron chi connectivity index (χ1n) is 25.2. The molecule has 0 aromatic heterocycles. The molecule has 3 heteroatoms. The molecule has 3 aliphatic carbocycles. The number of hydrogen-bond acceptors (Lipinski definition) is 2. The van der Waals surface area contributed by atoms with Gasteiger partial charge in [0.2, 0.25) is 0 Å². The largest absolute Gasteiger partial charge is 0.376 e. The van der Waals surface area contributed by atoms with E-state index in [0.717, 1.165) is 0 Å². The van der Waals surface area contributed by atoms with Gasteiger partial charge in [-0.3, -0.25) is 0 Å². The predicted molar refractivity (Wildman–Crippen MR) is 288 cm³/mol. The van der Waals surface area contributed by atoms with Gasteiger partial charge in [0.1, 0.15) is 0 Å². The van der Waals surface area contributed by atoms with Gasteiger partial charge in [-0.15, -0.1) is 0 Å². The molecule has 0 amide bonds. The first-order valence-corrected chi connectivity index (χ1v) is 25.2. The number of hydrogen-bond donors (Lipinski definition) is 0. The second kappa shape index (κ2) is 12.9. The van der Waals surface area contributed by atoms with E-state index in [4.69, 9.17) is 0 Å². The Morgan fingerprint density at radius 3 is 1.74 bits per heavy atom. The van der Waals surface area contributed by atoms with Crippen molar-refractivity contribution in [2.75, 3.05) is 9.71 Å². The highest BCUT2D eigenvalue weighted by Crippen LogP contribution is 2.63. The summed E-state index contributed by atoms with van der Waals surface area (Å²) >= 11 is 0. The van der Waals surface area contributed by atoms with Crippen molar-refractivity contribution in [3.8, 4) is 44.5 Å². The van der Waals surface area contributed by atoms with Crippen LogP contribution in [0.2, 0.25) is 0 Å². The maximum atomic E-state index is 2.81. The number of rotatable bonds is 2. The van der Waals surface area contributed by atoms with Crippen LogP contribution < -0.4 is 20.6 Å². The lowest BCUT2D eigenvalue weighted by Crippen LogP contribution is -2.63. The quantitative estimate of drug-likeness (QED) is 0.160. The minimum atomic E-state index is -0.244. The summed E-state index contributed by atoms with van der Waals surface area (Å²) in [6.07, 6.45) is 2.37. The first kappa shape index (κ1) is 40.5. The van der Waals surface area contributed by atoms with Gasteiger partial charge in [-0.05, 0) is 142 Å². The molecule has 0 atom stereocenters. The molecule has 8 aromatic rings. The molecular weight excluding hydrogens is 820 g/mol. The molecule has 0 fully saturated rings. The summed E-state index contributed by atoms with van der Waals surface area (Å²) in [5, 5.41) is 0. The van der Waals surface area contributed by atoms with Crippen LogP contribution in [0.3, 0.4) is 0 Å². The summed E-state index contributed by atoms with van der Waals surface area (Å²) < 4.78 is 0. The summed E-state index contributed by atoms with van der Waals surface area (Å²) in [5.41, 5.74) is 31.0. The fraction of sp³-hybridized carbons (Fsp3) is 0.262. The van der Waals surface area contributed by atoms with E-state index in [1.54, 1.807) is 0 Å². The summed E-state index contributed by atoms with van der Waals surface area (Å²) in [5.74, 6) is 0. The summed E-state index contributed by atoms with van der Waals surface area (Å²) in [6.45, 7) is 24.7. The van der Waals surface area contributed by atoms with Crippen LogP contribution in [-0.2, 0) is 27.1 Å². The molecule has 0 saturated carbocycles. The van der Waals surface area contributed by atoms with Crippen LogP contribution in [0, 0.1) is 0 Å². The van der Waals surface area contributed by atoms with Gasteiger partial charge in [0, 0.05) is 44.6 Å². The molecular formula is C65H59BN2. The number of anilines is 5. The lowest BCUT2D eigenvalue weighted by Gasteiger charge is -2.52. The lowest BCUT2D eigenvalue weighted by atomic mass is 9.42. The van der Waals surface area contributed by atoms with Crippen molar-refractivity contribution < 1.29 is 0 Å². The van der Waals surface area contributed by atoms with E-state index < -0.39 is 0 Å². The van der Waals surface area contributed by atoms with Gasteiger partial charge < -0.3 is 9.71 Å². The molecule has 0 N–H and O–H groups in total. The standard InChI is InChI=1S/C65H59BN2/c1-61(2)32-33-62(3,4)48-36-54-49(35-47(48)61)64(7,8)46-27-19-28-51-60(46)67(54)55-37-50-56(42-23-15-17-26-45(42)63(50,5)6)57-43-31-30-39(38-20-12-11-13-21-38)34-53(43)68(66(51)59(55)57)52-29-18-24-41-40-22-14-16-25-44(40)65(9,10)58(41)52/h11-31,34-37H,32-33H2,1-10H3. The summed E-state index contributed by atoms with van der Waals surface area (Å²) in [4.78, 5) is 5.58. The Balaban J connectivity index is 1.16. The van der Waals surface area contributed by atoms with Crippen LogP contribution in [0.25, 0.3) is 44.5 Å². The molecule has 2 nitrogen and oxygen atoms in total. The Hall–Kier alpha value is -6.58. The zero-order chi connectivity index (χ0) is 46.6. The number of nitrogens with zero attached hydrogens (tertiary/aromatic N) is 2. The van der Waals surface area contributed by atoms with Gasteiger partial charge in [-0.1, -0.05) is 197 Å². The van der Waals surface area contributed by atoms with Crippen LogP contribution >= 0.6 is 0 Å². The molecule has 3 heterocycles. The van der Waals surface area contributed by atoms with Crippen molar-refractivity contribution in [3.05, 3.63) is 196 Å². The second-order valence-electron chi connectivity index (χ2n) is 23.9. The van der Waals surface area contributed by atoms with Crippen LogP contribution in [0.5, 0.6) is 0 Å². The molecule has 6 aliphatic rings. The highest BCUT2D eigenvalue weighted by atomic mass is 15.2. The van der Waals surface area contributed by atoms with Crippen molar-refractivity contribution in [1.82, 2.24) is 0 Å². The minimum absolute atomic E-state index is 0.0629. The van der Waals surface area contributed by atoms with Crippen LogP contribution in [0.1, 0.15) is 127 Å². The van der Waals surface area contributed by atoms with Crippen molar-refractivity contribution in [3.63, 3.8) is 0 Å². The number of para-hydroxylation sites is 1. The Bertz CT molecular complexity index is 3570. The third-order valence-electron chi connectivity index (χ3n) is 18.3. The van der Waals surface area contributed by atoms with Gasteiger partial charge in [-0.25, -0.2) is 0 Å². The minimum Gasteiger partial charge on any atom is -0.376 e. The van der Waals surface area contributed by atoms with Crippen molar-refractivity contribution in [1.29, 1.82) is 0 Å². The Kier molecular flexibility index (Phi) is 7.70. The zero-order valence-electron chi connectivity index (χ0n) is 41.3. The Labute approximate surface area is 403 Å². The lowest BCUT2D eigenvalue weighted by molar-refractivity contribution is 0.331. The van der Waals surface area contributed by atoms with Crippen LogP contribution in [-0.4, -0.2) is 6.85 Å². The molecule has 0 bridgehead atoms. The van der Waals surface area contributed by atoms with E-state index in [0.29, 0.717) is 0 Å². The van der Waals surface area contributed by atoms with Gasteiger partial charge in [-0.2, -0.15) is 0 Å². The van der Waals surface area contributed by atoms with Crippen LogP contribution in [0.4, 0.5) is 28.4 Å². The number of fused-ring (bicyclic) bond motifs is 14. The van der Waals surface area contributed by atoms with Gasteiger partial charge in [0.05, 0.1) is 5.69 Å². The summed E-state index contributed by atoms with van der Waals surface area (Å²) in [6, 6.07) is 59.3. The van der Waals surface area contributed by atoms with Crippen LogP contribution in [0.15, 0.2) is 152 Å². The smallest absolute Gasteiger partial charge is 0.333 e. The van der Waals surface area contributed by atoms with Gasteiger partial charge in [0.15, 0.2) is 0 Å². The fourth-order valence-electron chi connectivity index (χ4n) is 14.5. The fourth-order valence-corrected chi connectivity index (χ4v) is 14.5. The molecule has 0 unspecified atom stereocenters. The van der Waals surface area contributed by atoms with Crippen molar-refractivity contribution in [2.24, 2.45) is 0 Å². The molecule has 3 aliphatic heterocycles. The zero-order valence-corrected chi connectivity index (χ0v) is 41.3. The first-order chi connectivity index (χ1) is 32.5. The molecule has 0 spiro atoms. The van der Waals surface area contributed by atoms with E-state index in [-0.39, 0.29) is 33.9 Å². The topological polar surface area (TPSA) is 6.48 Å². The highest BCUT2D eigenvalue weighted by Gasteiger charge is 2.54. The Morgan fingerprint density at radius 2 is 0.985 bits per heavy atom. The predicted octanol–water partition coefficient (Wildman–Crippen LogP) is 15.7. The molecule has 0 radical (unpaired) electrons. The maximum Gasteiger partial charge on any atom is 0.333 e. The normalized spacial score (nSPS) is 18.8.